The predicted molar refractivity (Wildman–Crippen MR) is 65.5 cm³/mol. The molecule has 1 aromatic carbocycles. The standard InChI is InChI=1S/C12H19FN2O2/c1-8(7-16-3)17-12-9(6-15-2)4-10(14)5-11(12)13/h4-5,8,15H,6-7,14H2,1-3H3/t8-/m0/s1. The van der Waals surface area contributed by atoms with Crippen molar-refractivity contribution in [2.24, 2.45) is 0 Å². The van der Waals surface area contributed by atoms with E-state index in [1.165, 1.54) is 6.07 Å². The maximum absolute atomic E-state index is 13.8. The minimum absolute atomic E-state index is 0.214. The van der Waals surface area contributed by atoms with Crippen molar-refractivity contribution in [3.63, 3.8) is 0 Å². The summed E-state index contributed by atoms with van der Waals surface area (Å²) in [5.74, 6) is -0.212. The lowest BCUT2D eigenvalue weighted by atomic mass is 10.1. The number of halogens is 1. The van der Waals surface area contributed by atoms with E-state index in [-0.39, 0.29) is 11.9 Å². The quantitative estimate of drug-likeness (QED) is 0.743. The van der Waals surface area contributed by atoms with Gasteiger partial charge in [0, 0.05) is 31.0 Å². The van der Waals surface area contributed by atoms with Crippen LogP contribution in [0.1, 0.15) is 12.5 Å². The molecule has 0 amide bonds. The van der Waals surface area contributed by atoms with Crippen molar-refractivity contribution in [3.8, 4) is 5.75 Å². The van der Waals surface area contributed by atoms with E-state index in [0.717, 1.165) is 0 Å². The monoisotopic (exact) mass is 242 g/mol. The third-order valence-electron chi connectivity index (χ3n) is 2.23. The molecule has 4 nitrogen and oxygen atoms in total. The minimum Gasteiger partial charge on any atom is -0.485 e. The van der Waals surface area contributed by atoms with Crippen LogP contribution in [0, 0.1) is 5.82 Å². The lowest BCUT2D eigenvalue weighted by Gasteiger charge is -2.18. The van der Waals surface area contributed by atoms with Gasteiger partial charge in [-0.2, -0.15) is 0 Å². The highest BCUT2D eigenvalue weighted by Crippen LogP contribution is 2.26. The number of nitrogen functional groups attached to an aromatic ring is 1. The number of nitrogens with two attached hydrogens (primary N) is 1. The summed E-state index contributed by atoms with van der Waals surface area (Å²) < 4.78 is 24.2. The second-order valence-corrected chi connectivity index (χ2v) is 3.91. The Morgan fingerprint density at radius 3 is 2.76 bits per heavy atom. The SMILES string of the molecule is CNCc1cc(N)cc(F)c1O[C@@H](C)COC. The summed E-state index contributed by atoms with van der Waals surface area (Å²) in [6.45, 7) is 2.72. The molecule has 0 saturated carbocycles. The van der Waals surface area contributed by atoms with Gasteiger partial charge in [-0.05, 0) is 20.0 Å². The van der Waals surface area contributed by atoms with Gasteiger partial charge in [0.15, 0.2) is 11.6 Å². The Kier molecular flexibility index (Phi) is 5.18. The average Bonchev–Trinajstić information content (AvgIpc) is 2.24. The Labute approximate surface area is 101 Å². The highest BCUT2D eigenvalue weighted by Gasteiger charge is 2.14. The lowest BCUT2D eigenvalue weighted by Crippen LogP contribution is -2.20. The van der Waals surface area contributed by atoms with Crippen LogP contribution < -0.4 is 15.8 Å². The van der Waals surface area contributed by atoms with Crippen LogP contribution in [0.4, 0.5) is 10.1 Å². The minimum atomic E-state index is -0.446. The molecule has 0 heterocycles. The number of benzene rings is 1. The van der Waals surface area contributed by atoms with E-state index in [2.05, 4.69) is 5.32 Å². The molecule has 0 aliphatic heterocycles. The van der Waals surface area contributed by atoms with Crippen LogP contribution in [0.3, 0.4) is 0 Å². The van der Waals surface area contributed by atoms with Crippen molar-refractivity contribution < 1.29 is 13.9 Å². The molecule has 1 atom stereocenters. The molecule has 0 bridgehead atoms. The Morgan fingerprint density at radius 2 is 2.18 bits per heavy atom. The van der Waals surface area contributed by atoms with Crippen molar-refractivity contribution in [2.75, 3.05) is 26.5 Å². The van der Waals surface area contributed by atoms with Crippen LogP contribution in [-0.2, 0) is 11.3 Å². The topological polar surface area (TPSA) is 56.5 Å². The molecule has 17 heavy (non-hydrogen) atoms. The Balaban J connectivity index is 2.95. The maximum atomic E-state index is 13.8. The number of ether oxygens (including phenoxy) is 2. The molecule has 96 valence electrons. The van der Waals surface area contributed by atoms with Gasteiger partial charge < -0.3 is 20.5 Å². The van der Waals surface area contributed by atoms with E-state index < -0.39 is 5.82 Å². The summed E-state index contributed by atoms with van der Waals surface area (Å²) in [5.41, 5.74) is 6.69. The van der Waals surface area contributed by atoms with Gasteiger partial charge in [-0.1, -0.05) is 0 Å². The number of anilines is 1. The van der Waals surface area contributed by atoms with Crippen molar-refractivity contribution in [1.82, 2.24) is 5.32 Å². The predicted octanol–water partition coefficient (Wildman–Crippen LogP) is 1.54. The van der Waals surface area contributed by atoms with E-state index in [9.17, 15) is 4.39 Å². The molecule has 0 fully saturated rings. The molecule has 0 unspecified atom stereocenters. The van der Waals surface area contributed by atoms with Gasteiger partial charge in [0.1, 0.15) is 6.10 Å². The Hall–Kier alpha value is -1.33. The lowest BCUT2D eigenvalue weighted by molar-refractivity contribution is 0.0885. The van der Waals surface area contributed by atoms with Crippen LogP contribution in [0.2, 0.25) is 0 Å². The first-order valence-corrected chi connectivity index (χ1v) is 5.46. The van der Waals surface area contributed by atoms with E-state index in [1.54, 1.807) is 20.2 Å². The van der Waals surface area contributed by atoms with Gasteiger partial charge >= 0.3 is 0 Å². The van der Waals surface area contributed by atoms with Gasteiger partial charge in [0.05, 0.1) is 6.61 Å². The molecule has 0 spiro atoms. The smallest absolute Gasteiger partial charge is 0.167 e. The molecule has 0 aliphatic rings. The molecular formula is C12H19FN2O2. The average molecular weight is 242 g/mol. The molecule has 1 rings (SSSR count). The summed E-state index contributed by atoms with van der Waals surface area (Å²) in [6.07, 6.45) is -0.214. The first kappa shape index (κ1) is 13.7. The van der Waals surface area contributed by atoms with Gasteiger partial charge in [-0.15, -0.1) is 0 Å². The van der Waals surface area contributed by atoms with Gasteiger partial charge in [0.25, 0.3) is 0 Å². The molecule has 3 N–H and O–H groups in total. The summed E-state index contributed by atoms with van der Waals surface area (Å²) in [4.78, 5) is 0. The second-order valence-electron chi connectivity index (χ2n) is 3.91. The zero-order chi connectivity index (χ0) is 12.8. The fourth-order valence-corrected chi connectivity index (χ4v) is 1.60. The fourth-order valence-electron chi connectivity index (χ4n) is 1.60. The summed E-state index contributed by atoms with van der Waals surface area (Å²) in [5, 5.41) is 2.95. The zero-order valence-corrected chi connectivity index (χ0v) is 10.4. The summed E-state index contributed by atoms with van der Waals surface area (Å²) in [6, 6.07) is 2.96. The number of hydrogen-bond acceptors (Lipinski definition) is 4. The van der Waals surface area contributed by atoms with Crippen LogP contribution >= 0.6 is 0 Å². The zero-order valence-electron chi connectivity index (χ0n) is 10.4. The van der Waals surface area contributed by atoms with Crippen LogP contribution in [0.15, 0.2) is 12.1 Å². The van der Waals surface area contributed by atoms with Gasteiger partial charge in [-0.25, -0.2) is 4.39 Å². The van der Waals surface area contributed by atoms with Gasteiger partial charge in [-0.3, -0.25) is 0 Å². The van der Waals surface area contributed by atoms with E-state index in [1.807, 2.05) is 6.92 Å². The van der Waals surface area contributed by atoms with E-state index in [4.69, 9.17) is 15.2 Å². The number of nitrogens with one attached hydrogen (secondary N) is 1. The highest BCUT2D eigenvalue weighted by molar-refractivity contribution is 5.49. The Bertz CT molecular complexity index is 372. The fraction of sp³-hybridized carbons (Fsp3) is 0.500. The third-order valence-corrected chi connectivity index (χ3v) is 2.23. The number of rotatable bonds is 6. The number of hydrogen-bond donors (Lipinski definition) is 2. The van der Waals surface area contributed by atoms with E-state index >= 15 is 0 Å². The number of methoxy groups -OCH3 is 1. The first-order chi connectivity index (χ1) is 8.08. The Morgan fingerprint density at radius 1 is 1.47 bits per heavy atom. The molecular weight excluding hydrogens is 223 g/mol. The molecule has 0 saturated heterocycles. The van der Waals surface area contributed by atoms with Crippen molar-refractivity contribution in [3.05, 3.63) is 23.5 Å². The normalized spacial score (nSPS) is 12.5. The summed E-state index contributed by atoms with van der Waals surface area (Å²) >= 11 is 0. The van der Waals surface area contributed by atoms with Crippen LogP contribution in [-0.4, -0.2) is 26.9 Å². The van der Waals surface area contributed by atoms with Crippen molar-refractivity contribution >= 4 is 5.69 Å². The van der Waals surface area contributed by atoms with Crippen LogP contribution in [0.25, 0.3) is 0 Å². The molecule has 1 aromatic rings. The first-order valence-electron chi connectivity index (χ1n) is 5.46. The van der Waals surface area contributed by atoms with Crippen molar-refractivity contribution in [1.29, 1.82) is 0 Å². The summed E-state index contributed by atoms with van der Waals surface area (Å²) in [7, 11) is 3.36. The second kappa shape index (κ2) is 6.42. The highest BCUT2D eigenvalue weighted by atomic mass is 19.1. The molecule has 0 aliphatic carbocycles. The molecule has 0 aromatic heterocycles. The molecule has 5 heteroatoms. The third kappa shape index (κ3) is 3.87. The van der Waals surface area contributed by atoms with Gasteiger partial charge in [0.2, 0.25) is 0 Å². The largest absolute Gasteiger partial charge is 0.485 e. The van der Waals surface area contributed by atoms with Crippen LogP contribution in [0.5, 0.6) is 5.75 Å². The van der Waals surface area contributed by atoms with Crippen molar-refractivity contribution in [2.45, 2.75) is 19.6 Å². The maximum Gasteiger partial charge on any atom is 0.167 e. The van der Waals surface area contributed by atoms with E-state index in [0.29, 0.717) is 24.4 Å². The molecule has 0 radical (unpaired) electrons.